The van der Waals surface area contributed by atoms with Gasteiger partial charge >= 0.3 is 5.97 Å². The highest BCUT2D eigenvalue weighted by molar-refractivity contribution is 6.03. The first-order valence-corrected chi connectivity index (χ1v) is 6.45. The molecular formula is C14H14FN3O2. The van der Waals surface area contributed by atoms with E-state index in [0.29, 0.717) is 11.2 Å². The first-order chi connectivity index (χ1) is 9.66. The van der Waals surface area contributed by atoms with Crippen molar-refractivity contribution in [3.8, 4) is 0 Å². The molecule has 0 atom stereocenters. The molecule has 0 amide bonds. The maximum absolute atomic E-state index is 13.9. The Balaban J connectivity index is 2.18. The highest BCUT2D eigenvalue weighted by atomic mass is 19.1. The average Bonchev–Trinajstić information content (AvgIpc) is 2.47. The number of nitrogens with one attached hydrogen (secondary N) is 1. The first kappa shape index (κ1) is 12.8. The monoisotopic (exact) mass is 275 g/mol. The summed E-state index contributed by atoms with van der Waals surface area (Å²) in [4.78, 5) is 17.6. The zero-order chi connectivity index (χ0) is 14.1. The highest BCUT2D eigenvalue weighted by Gasteiger charge is 2.18. The minimum absolute atomic E-state index is 0.0861. The number of piperazine rings is 1. The number of halogens is 1. The predicted molar refractivity (Wildman–Crippen MR) is 73.7 cm³/mol. The molecule has 2 heterocycles. The minimum Gasteiger partial charge on any atom is -0.478 e. The normalized spacial score (nSPS) is 15.6. The van der Waals surface area contributed by atoms with Crippen molar-refractivity contribution in [1.82, 2.24) is 10.3 Å². The number of carbonyl (C=O) groups is 1. The van der Waals surface area contributed by atoms with Gasteiger partial charge in [0.05, 0.1) is 5.56 Å². The van der Waals surface area contributed by atoms with Crippen LogP contribution in [-0.4, -0.2) is 42.2 Å². The molecule has 2 N–H and O–H groups in total. The quantitative estimate of drug-likeness (QED) is 0.869. The van der Waals surface area contributed by atoms with Crippen LogP contribution in [0.3, 0.4) is 0 Å². The Morgan fingerprint density at radius 3 is 2.80 bits per heavy atom. The molecule has 1 aromatic carbocycles. The van der Waals surface area contributed by atoms with E-state index in [2.05, 4.69) is 10.3 Å². The van der Waals surface area contributed by atoms with Crippen molar-refractivity contribution in [1.29, 1.82) is 0 Å². The molecule has 20 heavy (non-hydrogen) atoms. The fourth-order valence-electron chi connectivity index (χ4n) is 2.43. The molecule has 1 saturated heterocycles. The van der Waals surface area contributed by atoms with Gasteiger partial charge in [0.2, 0.25) is 0 Å². The summed E-state index contributed by atoms with van der Waals surface area (Å²) in [6.45, 7) is 3.07. The molecule has 0 saturated carbocycles. The molecule has 1 fully saturated rings. The van der Waals surface area contributed by atoms with E-state index < -0.39 is 11.8 Å². The van der Waals surface area contributed by atoms with Crippen LogP contribution in [0.15, 0.2) is 24.3 Å². The smallest absolute Gasteiger partial charge is 0.336 e. The third-order valence-electron chi connectivity index (χ3n) is 3.45. The van der Waals surface area contributed by atoms with Crippen molar-refractivity contribution >= 4 is 22.7 Å². The Labute approximate surface area is 115 Å². The zero-order valence-corrected chi connectivity index (χ0v) is 10.8. The molecule has 6 heteroatoms. The van der Waals surface area contributed by atoms with E-state index in [9.17, 15) is 14.3 Å². The predicted octanol–water partition coefficient (Wildman–Crippen LogP) is 1.48. The van der Waals surface area contributed by atoms with Gasteiger partial charge in [-0.3, -0.25) is 0 Å². The number of aromatic nitrogens is 1. The summed E-state index contributed by atoms with van der Waals surface area (Å²) < 4.78 is 13.9. The standard InChI is InChI=1S/C14H14FN3O2/c15-11-3-1-2-9-10(14(19)20)8-12(17-13(9)11)18-6-4-16-5-7-18/h1-3,8,16H,4-7H2,(H,19,20). The van der Waals surface area contributed by atoms with Crippen LogP contribution in [0.2, 0.25) is 0 Å². The summed E-state index contributed by atoms with van der Waals surface area (Å²) in [6.07, 6.45) is 0. The van der Waals surface area contributed by atoms with E-state index in [4.69, 9.17) is 0 Å². The van der Waals surface area contributed by atoms with Crippen molar-refractivity contribution in [2.24, 2.45) is 0 Å². The molecule has 3 rings (SSSR count). The molecule has 0 bridgehead atoms. The van der Waals surface area contributed by atoms with Gasteiger partial charge in [-0.05, 0) is 12.1 Å². The van der Waals surface area contributed by atoms with Crippen molar-refractivity contribution in [2.45, 2.75) is 0 Å². The maximum atomic E-state index is 13.9. The largest absolute Gasteiger partial charge is 0.478 e. The van der Waals surface area contributed by atoms with E-state index in [-0.39, 0.29) is 11.1 Å². The van der Waals surface area contributed by atoms with Gasteiger partial charge in [-0.1, -0.05) is 12.1 Å². The molecule has 104 valence electrons. The lowest BCUT2D eigenvalue weighted by Gasteiger charge is -2.28. The van der Waals surface area contributed by atoms with Gasteiger partial charge in [-0.2, -0.15) is 0 Å². The Kier molecular flexibility index (Phi) is 3.23. The molecule has 5 nitrogen and oxygen atoms in total. The van der Waals surface area contributed by atoms with E-state index >= 15 is 0 Å². The average molecular weight is 275 g/mol. The van der Waals surface area contributed by atoms with Gasteiger partial charge in [-0.15, -0.1) is 0 Å². The molecule has 1 aromatic heterocycles. The number of fused-ring (bicyclic) bond motifs is 1. The summed E-state index contributed by atoms with van der Waals surface area (Å²) in [7, 11) is 0. The van der Waals surface area contributed by atoms with Crippen LogP contribution in [0.5, 0.6) is 0 Å². The van der Waals surface area contributed by atoms with Crippen LogP contribution in [0, 0.1) is 5.82 Å². The Morgan fingerprint density at radius 2 is 2.10 bits per heavy atom. The fraction of sp³-hybridized carbons (Fsp3) is 0.286. The second-order valence-corrected chi connectivity index (χ2v) is 4.71. The Bertz CT molecular complexity index is 669. The third-order valence-corrected chi connectivity index (χ3v) is 3.45. The van der Waals surface area contributed by atoms with Crippen molar-refractivity contribution in [3.05, 3.63) is 35.6 Å². The summed E-state index contributed by atoms with van der Waals surface area (Å²) in [5, 5.41) is 12.9. The number of hydrogen-bond donors (Lipinski definition) is 2. The molecule has 1 aliphatic rings. The van der Waals surface area contributed by atoms with Gasteiger partial charge in [0.25, 0.3) is 0 Å². The maximum Gasteiger partial charge on any atom is 0.336 e. The van der Waals surface area contributed by atoms with Crippen LogP contribution in [0.25, 0.3) is 10.9 Å². The van der Waals surface area contributed by atoms with Gasteiger partial charge in [0.15, 0.2) is 0 Å². The number of aromatic carboxylic acids is 1. The summed E-state index contributed by atoms with van der Waals surface area (Å²) in [5.74, 6) is -1.05. The Morgan fingerprint density at radius 1 is 1.35 bits per heavy atom. The lowest BCUT2D eigenvalue weighted by molar-refractivity contribution is 0.0699. The van der Waals surface area contributed by atoms with Crippen molar-refractivity contribution < 1.29 is 14.3 Å². The number of pyridine rings is 1. The minimum atomic E-state index is -1.07. The number of carboxylic acid groups (broad SMARTS) is 1. The number of benzene rings is 1. The number of rotatable bonds is 2. The summed E-state index contributed by atoms with van der Waals surface area (Å²) in [5.41, 5.74) is 0.198. The summed E-state index contributed by atoms with van der Waals surface area (Å²) in [6, 6.07) is 5.89. The third kappa shape index (κ3) is 2.18. The number of para-hydroxylation sites is 1. The molecular weight excluding hydrogens is 261 g/mol. The van der Waals surface area contributed by atoms with Gasteiger partial charge < -0.3 is 15.3 Å². The van der Waals surface area contributed by atoms with Crippen LogP contribution < -0.4 is 10.2 Å². The van der Waals surface area contributed by atoms with Crippen molar-refractivity contribution in [2.75, 3.05) is 31.1 Å². The Hall–Kier alpha value is -2.21. The van der Waals surface area contributed by atoms with Crippen LogP contribution in [0.4, 0.5) is 10.2 Å². The van der Waals surface area contributed by atoms with Gasteiger partial charge in [0.1, 0.15) is 17.2 Å². The highest BCUT2D eigenvalue weighted by Crippen LogP contribution is 2.25. The molecule has 0 spiro atoms. The van der Waals surface area contributed by atoms with Gasteiger partial charge in [0, 0.05) is 31.6 Å². The molecule has 0 unspecified atom stereocenters. The zero-order valence-electron chi connectivity index (χ0n) is 10.8. The molecule has 0 aliphatic carbocycles. The second-order valence-electron chi connectivity index (χ2n) is 4.71. The molecule has 0 radical (unpaired) electrons. The van der Waals surface area contributed by atoms with Crippen LogP contribution in [0.1, 0.15) is 10.4 Å². The van der Waals surface area contributed by atoms with Gasteiger partial charge in [-0.25, -0.2) is 14.2 Å². The van der Waals surface area contributed by atoms with E-state index in [1.165, 1.54) is 18.2 Å². The lowest BCUT2D eigenvalue weighted by atomic mass is 10.1. The van der Waals surface area contributed by atoms with E-state index in [1.54, 1.807) is 6.07 Å². The second kappa shape index (κ2) is 5.05. The molecule has 2 aromatic rings. The topological polar surface area (TPSA) is 65.5 Å². The lowest BCUT2D eigenvalue weighted by Crippen LogP contribution is -2.44. The first-order valence-electron chi connectivity index (χ1n) is 6.45. The number of carboxylic acids is 1. The van der Waals surface area contributed by atoms with Crippen molar-refractivity contribution in [3.63, 3.8) is 0 Å². The summed E-state index contributed by atoms with van der Waals surface area (Å²) >= 11 is 0. The number of hydrogen-bond acceptors (Lipinski definition) is 4. The number of nitrogens with zero attached hydrogens (tertiary/aromatic N) is 2. The SMILES string of the molecule is O=C(O)c1cc(N2CCNCC2)nc2c(F)cccc12. The van der Waals surface area contributed by atoms with E-state index in [1.807, 2.05) is 4.90 Å². The van der Waals surface area contributed by atoms with E-state index in [0.717, 1.165) is 26.2 Å². The number of anilines is 1. The fourth-order valence-corrected chi connectivity index (χ4v) is 2.43. The van der Waals surface area contributed by atoms with Crippen LogP contribution in [-0.2, 0) is 0 Å². The molecule has 1 aliphatic heterocycles. The van der Waals surface area contributed by atoms with Crippen LogP contribution >= 0.6 is 0 Å².